The molecule has 2 aliphatic rings. The van der Waals surface area contributed by atoms with Crippen molar-refractivity contribution >= 4 is 34.2 Å². The van der Waals surface area contributed by atoms with E-state index in [4.69, 9.17) is 11.6 Å². The van der Waals surface area contributed by atoms with E-state index in [0.717, 1.165) is 42.8 Å². The molecule has 4 unspecified atom stereocenters. The van der Waals surface area contributed by atoms with Gasteiger partial charge in [0, 0.05) is 37.1 Å². The predicted octanol–water partition coefficient (Wildman–Crippen LogP) is 6.24. The number of rotatable bonds is 8. The Balaban J connectivity index is 1.29. The van der Waals surface area contributed by atoms with Crippen LogP contribution in [0.15, 0.2) is 84.0 Å². The molecular weight excluding hydrogens is 547 g/mol. The lowest BCUT2D eigenvalue weighted by Crippen LogP contribution is -2.34. The summed E-state index contributed by atoms with van der Waals surface area (Å²) in [6.45, 7) is 0.358. The van der Waals surface area contributed by atoms with Gasteiger partial charge in [0.1, 0.15) is 22.6 Å². The Bertz CT molecular complexity index is 1580. The minimum atomic E-state index is -1.58. The second-order valence-electron chi connectivity index (χ2n) is 10.5. The van der Waals surface area contributed by atoms with Crippen LogP contribution in [-0.2, 0) is 35.8 Å². The van der Waals surface area contributed by atoms with Crippen LogP contribution in [0.1, 0.15) is 53.7 Å². The SMILES string of the molecule is Cn1ccnc1CN(C(=O)C1CC1c1ccccc1)c1ccc2c(c1)C(NS(=O)c1ccc(F)c(Cl)c1)CCC2. The summed E-state index contributed by atoms with van der Waals surface area (Å²) in [6.07, 6.45) is 7.10. The molecule has 1 heterocycles. The first-order valence-corrected chi connectivity index (χ1v) is 15.0. The summed E-state index contributed by atoms with van der Waals surface area (Å²) >= 11 is 5.93. The highest BCUT2D eigenvalue weighted by Crippen LogP contribution is 2.49. The van der Waals surface area contributed by atoms with Crippen LogP contribution in [0.5, 0.6) is 0 Å². The van der Waals surface area contributed by atoms with Gasteiger partial charge in [-0.15, -0.1) is 0 Å². The van der Waals surface area contributed by atoms with Crippen LogP contribution in [0, 0.1) is 11.7 Å². The third-order valence-electron chi connectivity index (χ3n) is 7.93. The first-order valence-electron chi connectivity index (χ1n) is 13.5. The molecule has 206 valence electrons. The minimum absolute atomic E-state index is 0.0590. The zero-order valence-electron chi connectivity index (χ0n) is 22.1. The van der Waals surface area contributed by atoms with Gasteiger partial charge in [0.15, 0.2) is 0 Å². The minimum Gasteiger partial charge on any atom is -0.337 e. The highest BCUT2D eigenvalue weighted by molar-refractivity contribution is 7.83. The lowest BCUT2D eigenvalue weighted by molar-refractivity contribution is -0.120. The van der Waals surface area contributed by atoms with Crippen LogP contribution in [0.4, 0.5) is 10.1 Å². The van der Waals surface area contributed by atoms with Gasteiger partial charge in [0.2, 0.25) is 5.91 Å². The Morgan fingerprint density at radius 2 is 2.00 bits per heavy atom. The number of fused-ring (bicyclic) bond motifs is 1. The number of nitrogens with zero attached hydrogens (tertiary/aromatic N) is 3. The number of hydrogen-bond donors (Lipinski definition) is 1. The largest absolute Gasteiger partial charge is 0.337 e. The zero-order valence-corrected chi connectivity index (χ0v) is 23.7. The molecule has 4 atom stereocenters. The van der Waals surface area contributed by atoms with Crippen molar-refractivity contribution in [2.45, 2.75) is 49.1 Å². The fourth-order valence-corrected chi connectivity index (χ4v) is 6.89. The summed E-state index contributed by atoms with van der Waals surface area (Å²) in [5.74, 6) is 0.476. The molecule has 6 nitrogen and oxygen atoms in total. The number of aryl methyl sites for hydroxylation is 2. The third-order valence-corrected chi connectivity index (χ3v) is 9.40. The Hall–Kier alpha value is -3.33. The van der Waals surface area contributed by atoms with Gasteiger partial charge in [-0.3, -0.25) is 4.79 Å². The van der Waals surface area contributed by atoms with Crippen molar-refractivity contribution in [3.8, 4) is 0 Å². The molecule has 3 aromatic carbocycles. The van der Waals surface area contributed by atoms with Crippen LogP contribution in [-0.4, -0.2) is 19.7 Å². The summed E-state index contributed by atoms with van der Waals surface area (Å²) in [5, 5.41) is -0.0590. The van der Waals surface area contributed by atoms with Crippen LogP contribution in [0.3, 0.4) is 0 Å². The number of anilines is 1. The third kappa shape index (κ3) is 5.48. The van der Waals surface area contributed by atoms with Crippen LogP contribution < -0.4 is 9.62 Å². The Kier molecular flexibility index (Phi) is 7.57. The maximum atomic E-state index is 14.0. The van der Waals surface area contributed by atoms with Gasteiger partial charge in [-0.1, -0.05) is 48.0 Å². The average Bonchev–Trinajstić information content (AvgIpc) is 3.68. The molecule has 0 aliphatic heterocycles. The van der Waals surface area contributed by atoms with Gasteiger partial charge >= 0.3 is 0 Å². The van der Waals surface area contributed by atoms with Crippen molar-refractivity contribution in [2.75, 3.05) is 4.90 Å². The van der Waals surface area contributed by atoms with E-state index in [9.17, 15) is 13.4 Å². The fourth-order valence-electron chi connectivity index (χ4n) is 5.59. The molecule has 0 bridgehead atoms. The van der Waals surface area contributed by atoms with E-state index in [1.165, 1.54) is 29.3 Å². The summed E-state index contributed by atoms with van der Waals surface area (Å²) in [4.78, 5) is 20.7. The van der Waals surface area contributed by atoms with E-state index in [-0.39, 0.29) is 28.8 Å². The van der Waals surface area contributed by atoms with Gasteiger partial charge < -0.3 is 9.47 Å². The van der Waals surface area contributed by atoms with E-state index < -0.39 is 16.8 Å². The molecule has 0 spiro atoms. The first kappa shape index (κ1) is 26.9. The van der Waals surface area contributed by atoms with E-state index in [1.54, 1.807) is 6.20 Å². The molecule has 9 heteroatoms. The van der Waals surface area contributed by atoms with Crippen molar-refractivity contribution in [3.63, 3.8) is 0 Å². The van der Waals surface area contributed by atoms with Gasteiger partial charge in [-0.25, -0.2) is 18.3 Å². The number of amides is 1. The molecule has 1 saturated carbocycles. The molecule has 4 aromatic rings. The average molecular weight is 577 g/mol. The number of hydrogen-bond acceptors (Lipinski definition) is 3. The Labute approximate surface area is 240 Å². The van der Waals surface area contributed by atoms with Gasteiger partial charge in [-0.05, 0) is 78.6 Å². The fraction of sp³-hybridized carbons (Fsp3) is 0.290. The second kappa shape index (κ2) is 11.3. The van der Waals surface area contributed by atoms with Crippen molar-refractivity contribution in [3.05, 3.63) is 112 Å². The van der Waals surface area contributed by atoms with Crippen molar-refractivity contribution < 1.29 is 13.4 Å². The van der Waals surface area contributed by atoms with Crippen LogP contribution >= 0.6 is 11.6 Å². The standard InChI is InChI=1S/C31H30ClFN4O2S/c1-36-15-14-34-30(36)19-37(31(38)26-18-24(26)20-6-3-2-4-7-20)22-11-10-21-8-5-9-29(25(21)16-22)35-40(39)23-12-13-28(33)27(32)17-23/h2-4,6-7,10-17,24,26,29,35H,5,8-9,18-19H2,1H3. The van der Waals surface area contributed by atoms with E-state index in [1.807, 2.05) is 47.0 Å². The lowest BCUT2D eigenvalue weighted by Gasteiger charge is -2.29. The summed E-state index contributed by atoms with van der Waals surface area (Å²) in [5.41, 5.74) is 4.18. The maximum Gasteiger partial charge on any atom is 0.231 e. The molecule has 6 rings (SSSR count). The predicted molar refractivity (Wildman–Crippen MR) is 155 cm³/mol. The van der Waals surface area contributed by atoms with Crippen LogP contribution in [0.2, 0.25) is 5.02 Å². The van der Waals surface area contributed by atoms with Gasteiger partial charge in [0.25, 0.3) is 0 Å². The number of imidazole rings is 1. The summed E-state index contributed by atoms with van der Waals surface area (Å²) in [6, 6.07) is 20.3. The zero-order chi connectivity index (χ0) is 27.8. The number of carbonyl (C=O) groups is 1. The number of halogens is 2. The summed E-state index contributed by atoms with van der Waals surface area (Å²) < 4.78 is 32.0. The van der Waals surface area contributed by atoms with Gasteiger partial charge in [-0.2, -0.15) is 0 Å². The Morgan fingerprint density at radius 3 is 2.75 bits per heavy atom. The van der Waals surface area contributed by atoms with E-state index in [2.05, 4.69) is 34.0 Å². The molecule has 0 radical (unpaired) electrons. The number of benzene rings is 3. The normalized spacial score (nSPS) is 20.5. The lowest BCUT2D eigenvalue weighted by atomic mass is 9.87. The van der Waals surface area contributed by atoms with Crippen molar-refractivity contribution in [1.29, 1.82) is 0 Å². The molecule has 2 aliphatic carbocycles. The van der Waals surface area contributed by atoms with E-state index >= 15 is 0 Å². The quantitative estimate of drug-likeness (QED) is 0.270. The van der Waals surface area contributed by atoms with E-state index in [0.29, 0.717) is 11.4 Å². The second-order valence-corrected chi connectivity index (χ2v) is 12.2. The molecule has 1 N–H and O–H groups in total. The van der Waals surface area contributed by atoms with Crippen molar-refractivity contribution in [1.82, 2.24) is 14.3 Å². The Morgan fingerprint density at radius 1 is 1.18 bits per heavy atom. The smallest absolute Gasteiger partial charge is 0.231 e. The first-order chi connectivity index (χ1) is 19.4. The highest BCUT2D eigenvalue weighted by atomic mass is 35.5. The monoisotopic (exact) mass is 576 g/mol. The van der Waals surface area contributed by atoms with Crippen molar-refractivity contribution in [2.24, 2.45) is 13.0 Å². The summed E-state index contributed by atoms with van der Waals surface area (Å²) in [7, 11) is 0.349. The molecule has 40 heavy (non-hydrogen) atoms. The molecule has 1 aromatic heterocycles. The number of aromatic nitrogens is 2. The molecule has 0 saturated heterocycles. The molecular formula is C31H30ClFN4O2S. The topological polar surface area (TPSA) is 67.2 Å². The highest BCUT2D eigenvalue weighted by Gasteiger charge is 2.46. The maximum absolute atomic E-state index is 14.0. The molecule has 1 fully saturated rings. The number of carbonyl (C=O) groups excluding carboxylic acids is 1. The van der Waals surface area contributed by atoms with Gasteiger partial charge in [0.05, 0.1) is 16.5 Å². The van der Waals surface area contributed by atoms with Crippen LogP contribution in [0.25, 0.3) is 0 Å². The molecule has 1 amide bonds. The number of nitrogens with one attached hydrogen (secondary N) is 1.